The summed E-state index contributed by atoms with van der Waals surface area (Å²) in [5.74, 6) is 0. The van der Waals surface area contributed by atoms with Crippen LogP contribution in [0.2, 0.25) is 0 Å². The lowest BCUT2D eigenvalue weighted by atomic mass is 10.3. The first kappa shape index (κ1) is 6.67. The molecular formula is C5H8N2OS. The first-order valence-corrected chi connectivity index (χ1v) is 3.49. The first-order valence-electron chi connectivity index (χ1n) is 2.61. The standard InChI is InChI=1S/C5H8N2OS/c6-1-4(8)5-2-7-3-9-5/h2-4,8H,1,6H2. The second-order valence-electron chi connectivity index (χ2n) is 1.66. The van der Waals surface area contributed by atoms with Crippen LogP contribution in [-0.4, -0.2) is 16.6 Å². The molecule has 50 valence electrons. The van der Waals surface area contributed by atoms with Crippen molar-refractivity contribution in [1.29, 1.82) is 0 Å². The van der Waals surface area contributed by atoms with Gasteiger partial charge in [-0.25, -0.2) is 0 Å². The van der Waals surface area contributed by atoms with Crippen LogP contribution in [0.25, 0.3) is 0 Å². The zero-order valence-corrected chi connectivity index (χ0v) is 5.64. The minimum absolute atomic E-state index is 0.266. The van der Waals surface area contributed by atoms with Crippen LogP contribution in [0, 0.1) is 0 Å². The molecule has 0 bridgehead atoms. The Bertz CT molecular complexity index is 163. The van der Waals surface area contributed by atoms with Gasteiger partial charge in [-0.05, 0) is 0 Å². The molecule has 0 radical (unpaired) electrons. The predicted molar refractivity (Wildman–Crippen MR) is 36.1 cm³/mol. The van der Waals surface area contributed by atoms with Gasteiger partial charge in [-0.1, -0.05) is 0 Å². The molecule has 0 aromatic carbocycles. The number of nitrogens with zero attached hydrogens (tertiary/aromatic N) is 1. The van der Waals surface area contributed by atoms with Gasteiger partial charge >= 0.3 is 0 Å². The molecule has 0 aliphatic carbocycles. The number of aliphatic hydroxyl groups is 1. The van der Waals surface area contributed by atoms with Crippen molar-refractivity contribution in [1.82, 2.24) is 4.98 Å². The quantitative estimate of drug-likeness (QED) is 0.620. The minimum Gasteiger partial charge on any atom is -0.386 e. The fraction of sp³-hybridized carbons (Fsp3) is 0.400. The van der Waals surface area contributed by atoms with Crippen LogP contribution in [0.4, 0.5) is 0 Å². The zero-order valence-electron chi connectivity index (χ0n) is 4.82. The topological polar surface area (TPSA) is 59.1 Å². The molecule has 1 unspecified atom stereocenters. The SMILES string of the molecule is NCC(O)c1cncs1. The summed E-state index contributed by atoms with van der Waals surface area (Å²) < 4.78 is 0. The van der Waals surface area contributed by atoms with Crippen LogP contribution >= 0.6 is 11.3 Å². The first-order chi connectivity index (χ1) is 4.34. The van der Waals surface area contributed by atoms with E-state index in [1.165, 1.54) is 11.3 Å². The van der Waals surface area contributed by atoms with Crippen molar-refractivity contribution >= 4 is 11.3 Å². The molecule has 3 N–H and O–H groups in total. The third-order valence-corrected chi connectivity index (χ3v) is 1.88. The Morgan fingerprint density at radius 3 is 3.11 bits per heavy atom. The van der Waals surface area contributed by atoms with Gasteiger partial charge < -0.3 is 10.8 Å². The van der Waals surface area contributed by atoms with Crippen LogP contribution in [0.1, 0.15) is 11.0 Å². The fourth-order valence-corrected chi connectivity index (χ4v) is 1.12. The monoisotopic (exact) mass is 144 g/mol. The summed E-state index contributed by atoms with van der Waals surface area (Å²) in [5, 5.41) is 9.06. The van der Waals surface area contributed by atoms with Gasteiger partial charge in [0.2, 0.25) is 0 Å². The van der Waals surface area contributed by atoms with E-state index in [-0.39, 0.29) is 6.54 Å². The van der Waals surface area contributed by atoms with Gasteiger partial charge in [0.05, 0.1) is 10.4 Å². The third kappa shape index (κ3) is 1.48. The molecule has 0 saturated heterocycles. The highest BCUT2D eigenvalue weighted by Crippen LogP contribution is 2.14. The van der Waals surface area contributed by atoms with Crippen LogP contribution in [0.15, 0.2) is 11.7 Å². The third-order valence-electron chi connectivity index (χ3n) is 1.00. The van der Waals surface area contributed by atoms with Gasteiger partial charge in [0.15, 0.2) is 0 Å². The van der Waals surface area contributed by atoms with E-state index in [2.05, 4.69) is 4.98 Å². The number of hydrogen-bond acceptors (Lipinski definition) is 4. The molecule has 1 aromatic rings. The average Bonchev–Trinajstić information content (AvgIpc) is 2.37. The maximum absolute atomic E-state index is 9.06. The van der Waals surface area contributed by atoms with E-state index < -0.39 is 6.10 Å². The van der Waals surface area contributed by atoms with Gasteiger partial charge in [-0.3, -0.25) is 4.98 Å². The average molecular weight is 144 g/mol. The lowest BCUT2D eigenvalue weighted by Crippen LogP contribution is -2.09. The molecule has 3 nitrogen and oxygen atoms in total. The van der Waals surface area contributed by atoms with Crippen molar-refractivity contribution in [3.8, 4) is 0 Å². The van der Waals surface area contributed by atoms with Crippen LogP contribution in [0.3, 0.4) is 0 Å². The zero-order chi connectivity index (χ0) is 6.69. The number of nitrogens with two attached hydrogens (primary N) is 1. The van der Waals surface area contributed by atoms with Gasteiger partial charge in [0, 0.05) is 12.7 Å². The second kappa shape index (κ2) is 2.91. The number of hydrogen-bond donors (Lipinski definition) is 2. The van der Waals surface area contributed by atoms with Crippen LogP contribution in [-0.2, 0) is 0 Å². The van der Waals surface area contributed by atoms with E-state index in [9.17, 15) is 0 Å². The molecule has 0 fully saturated rings. The van der Waals surface area contributed by atoms with E-state index in [4.69, 9.17) is 10.8 Å². The summed E-state index contributed by atoms with van der Waals surface area (Å²) in [5.41, 5.74) is 6.87. The smallest absolute Gasteiger partial charge is 0.102 e. The van der Waals surface area contributed by atoms with E-state index in [0.717, 1.165) is 4.88 Å². The molecule has 0 spiro atoms. The van der Waals surface area contributed by atoms with Gasteiger partial charge in [-0.2, -0.15) is 0 Å². The van der Waals surface area contributed by atoms with Crippen molar-refractivity contribution in [2.24, 2.45) is 5.73 Å². The fourth-order valence-electron chi connectivity index (χ4n) is 0.506. The van der Waals surface area contributed by atoms with Gasteiger partial charge in [-0.15, -0.1) is 11.3 Å². The highest BCUT2D eigenvalue weighted by molar-refractivity contribution is 7.09. The Labute approximate surface area is 57.2 Å². The summed E-state index contributed by atoms with van der Waals surface area (Å²) >= 11 is 1.41. The largest absolute Gasteiger partial charge is 0.386 e. The maximum atomic E-state index is 9.06. The normalized spacial score (nSPS) is 13.6. The van der Waals surface area contributed by atoms with E-state index in [1.807, 2.05) is 0 Å². The summed E-state index contributed by atoms with van der Waals surface area (Å²) in [6.07, 6.45) is 1.10. The van der Waals surface area contributed by atoms with Crippen LogP contribution in [0.5, 0.6) is 0 Å². The number of aliphatic hydroxyl groups excluding tert-OH is 1. The maximum Gasteiger partial charge on any atom is 0.102 e. The van der Waals surface area contributed by atoms with Crippen molar-refractivity contribution in [2.75, 3.05) is 6.54 Å². The minimum atomic E-state index is -0.530. The van der Waals surface area contributed by atoms with Gasteiger partial charge in [0.25, 0.3) is 0 Å². The van der Waals surface area contributed by atoms with E-state index in [0.29, 0.717) is 0 Å². The van der Waals surface area contributed by atoms with Crippen molar-refractivity contribution in [2.45, 2.75) is 6.10 Å². The molecule has 1 rings (SSSR count). The molecule has 4 heteroatoms. The molecule has 0 aliphatic rings. The van der Waals surface area contributed by atoms with E-state index >= 15 is 0 Å². The van der Waals surface area contributed by atoms with Gasteiger partial charge in [0.1, 0.15) is 6.10 Å². The molecule has 0 saturated carbocycles. The van der Waals surface area contributed by atoms with Crippen molar-refractivity contribution in [3.05, 3.63) is 16.6 Å². The Morgan fingerprint density at radius 2 is 2.67 bits per heavy atom. The van der Waals surface area contributed by atoms with Crippen molar-refractivity contribution in [3.63, 3.8) is 0 Å². The summed E-state index contributed by atoms with van der Waals surface area (Å²) in [6, 6.07) is 0. The van der Waals surface area contributed by atoms with Crippen molar-refractivity contribution < 1.29 is 5.11 Å². The summed E-state index contributed by atoms with van der Waals surface area (Å²) in [7, 11) is 0. The highest BCUT2D eigenvalue weighted by Gasteiger charge is 2.04. The molecule has 9 heavy (non-hydrogen) atoms. The lowest BCUT2D eigenvalue weighted by Gasteiger charge is -2.00. The summed E-state index contributed by atoms with van der Waals surface area (Å²) in [4.78, 5) is 4.63. The van der Waals surface area contributed by atoms with Crippen LogP contribution < -0.4 is 5.73 Å². The Morgan fingerprint density at radius 1 is 1.89 bits per heavy atom. The Kier molecular flexibility index (Phi) is 2.16. The molecule has 0 aliphatic heterocycles. The molecular weight excluding hydrogens is 136 g/mol. The highest BCUT2D eigenvalue weighted by atomic mass is 32.1. The number of rotatable bonds is 2. The molecule has 1 atom stereocenters. The lowest BCUT2D eigenvalue weighted by molar-refractivity contribution is 0.190. The number of aromatic nitrogens is 1. The number of thiazole rings is 1. The predicted octanol–water partition coefficient (Wildman–Crippen LogP) is 0.135. The summed E-state index contributed by atoms with van der Waals surface area (Å²) in [6.45, 7) is 0.266. The molecule has 1 heterocycles. The Hall–Kier alpha value is -0.450. The molecule has 0 amide bonds. The Balaban J connectivity index is 2.65. The second-order valence-corrected chi connectivity index (χ2v) is 2.57. The van der Waals surface area contributed by atoms with E-state index in [1.54, 1.807) is 11.7 Å². The molecule has 1 aromatic heterocycles.